The Bertz CT molecular complexity index is 308. The number of aryl methyl sites for hydroxylation is 1. The van der Waals surface area contributed by atoms with Crippen LogP contribution in [0.4, 0.5) is 0 Å². The molecule has 0 saturated heterocycles. The Morgan fingerprint density at radius 2 is 2.25 bits per heavy atom. The zero-order valence-corrected chi connectivity index (χ0v) is 10.8. The van der Waals surface area contributed by atoms with E-state index in [-0.39, 0.29) is 6.04 Å². The van der Waals surface area contributed by atoms with Crippen LogP contribution in [0.2, 0.25) is 0 Å². The van der Waals surface area contributed by atoms with E-state index in [4.69, 9.17) is 5.73 Å². The van der Waals surface area contributed by atoms with E-state index >= 15 is 0 Å². The van der Waals surface area contributed by atoms with Gasteiger partial charge in [0.2, 0.25) is 0 Å². The van der Waals surface area contributed by atoms with Crippen molar-refractivity contribution in [1.82, 2.24) is 14.7 Å². The van der Waals surface area contributed by atoms with E-state index in [0.717, 1.165) is 19.5 Å². The van der Waals surface area contributed by atoms with E-state index in [1.54, 1.807) is 0 Å². The molecule has 0 aliphatic heterocycles. The van der Waals surface area contributed by atoms with Crippen LogP contribution in [0.25, 0.3) is 0 Å². The Hall–Kier alpha value is -0.870. The summed E-state index contributed by atoms with van der Waals surface area (Å²) in [4.78, 5) is 2.26. The largest absolute Gasteiger partial charge is 0.326 e. The molecule has 0 amide bonds. The highest BCUT2D eigenvalue weighted by Gasteiger charge is 2.13. The Labute approximate surface area is 98.4 Å². The molecule has 0 saturated carbocycles. The van der Waals surface area contributed by atoms with E-state index < -0.39 is 0 Å². The van der Waals surface area contributed by atoms with Crippen molar-refractivity contribution in [3.63, 3.8) is 0 Å². The molecule has 0 spiro atoms. The fourth-order valence-corrected chi connectivity index (χ4v) is 1.77. The van der Waals surface area contributed by atoms with Gasteiger partial charge in [-0.1, -0.05) is 20.3 Å². The predicted molar refractivity (Wildman–Crippen MR) is 67.0 cm³/mol. The van der Waals surface area contributed by atoms with Crippen molar-refractivity contribution < 1.29 is 0 Å². The Morgan fingerprint density at radius 3 is 2.75 bits per heavy atom. The van der Waals surface area contributed by atoms with Crippen molar-refractivity contribution in [2.24, 2.45) is 18.7 Å². The lowest BCUT2D eigenvalue weighted by Crippen LogP contribution is -2.39. The molecule has 0 aliphatic carbocycles. The summed E-state index contributed by atoms with van der Waals surface area (Å²) in [6.45, 7) is 6.25. The van der Waals surface area contributed by atoms with Crippen molar-refractivity contribution in [3.05, 3.63) is 18.0 Å². The molecule has 1 heterocycles. The molecular weight excluding hydrogens is 200 g/mol. The van der Waals surface area contributed by atoms with Gasteiger partial charge in [-0.3, -0.25) is 4.68 Å². The van der Waals surface area contributed by atoms with Crippen LogP contribution in [0.3, 0.4) is 0 Å². The van der Waals surface area contributed by atoms with Crippen molar-refractivity contribution in [1.29, 1.82) is 0 Å². The SMILES string of the molecule is CCC(C)C(N)CN(C)Cc1cnn(C)c1. The van der Waals surface area contributed by atoms with Crippen LogP contribution in [0.1, 0.15) is 25.8 Å². The van der Waals surface area contributed by atoms with Crippen molar-refractivity contribution in [2.75, 3.05) is 13.6 Å². The van der Waals surface area contributed by atoms with Gasteiger partial charge in [-0.05, 0) is 13.0 Å². The minimum atomic E-state index is 0.256. The summed E-state index contributed by atoms with van der Waals surface area (Å²) < 4.78 is 1.83. The summed E-state index contributed by atoms with van der Waals surface area (Å²) in [6.07, 6.45) is 5.10. The third kappa shape index (κ3) is 3.94. The molecule has 0 bridgehead atoms. The average molecular weight is 224 g/mol. The number of rotatable bonds is 6. The Balaban J connectivity index is 2.38. The van der Waals surface area contributed by atoms with Gasteiger partial charge in [0.15, 0.2) is 0 Å². The molecular formula is C12H24N4. The first-order chi connectivity index (χ1) is 7.52. The predicted octanol–water partition coefficient (Wildman–Crippen LogP) is 1.23. The maximum absolute atomic E-state index is 6.13. The van der Waals surface area contributed by atoms with E-state index in [1.165, 1.54) is 5.56 Å². The topological polar surface area (TPSA) is 47.1 Å². The molecule has 1 aromatic rings. The van der Waals surface area contributed by atoms with E-state index in [9.17, 15) is 0 Å². The van der Waals surface area contributed by atoms with Crippen molar-refractivity contribution in [2.45, 2.75) is 32.9 Å². The van der Waals surface area contributed by atoms with Crippen LogP contribution >= 0.6 is 0 Å². The van der Waals surface area contributed by atoms with Crippen LogP contribution in [-0.2, 0) is 13.6 Å². The van der Waals surface area contributed by atoms with Gasteiger partial charge in [-0.15, -0.1) is 0 Å². The Morgan fingerprint density at radius 1 is 1.56 bits per heavy atom. The highest BCUT2D eigenvalue weighted by atomic mass is 15.2. The minimum absolute atomic E-state index is 0.256. The molecule has 16 heavy (non-hydrogen) atoms. The van der Waals surface area contributed by atoms with Gasteiger partial charge in [0.25, 0.3) is 0 Å². The summed E-state index contributed by atoms with van der Waals surface area (Å²) in [5.74, 6) is 0.580. The van der Waals surface area contributed by atoms with Crippen LogP contribution < -0.4 is 5.73 Å². The zero-order chi connectivity index (χ0) is 12.1. The van der Waals surface area contributed by atoms with E-state index in [1.807, 2.05) is 24.1 Å². The second-order valence-electron chi connectivity index (χ2n) is 4.77. The molecule has 4 nitrogen and oxygen atoms in total. The van der Waals surface area contributed by atoms with Gasteiger partial charge in [0, 0.05) is 37.9 Å². The van der Waals surface area contributed by atoms with Crippen molar-refractivity contribution >= 4 is 0 Å². The fraction of sp³-hybridized carbons (Fsp3) is 0.750. The smallest absolute Gasteiger partial charge is 0.0534 e. The minimum Gasteiger partial charge on any atom is -0.326 e. The first kappa shape index (κ1) is 13.2. The lowest BCUT2D eigenvalue weighted by atomic mass is 10.00. The number of hydrogen-bond donors (Lipinski definition) is 1. The molecule has 2 atom stereocenters. The van der Waals surface area contributed by atoms with Gasteiger partial charge in [-0.25, -0.2) is 0 Å². The number of aromatic nitrogens is 2. The van der Waals surface area contributed by atoms with Crippen molar-refractivity contribution in [3.8, 4) is 0 Å². The van der Waals surface area contributed by atoms with Gasteiger partial charge in [0.1, 0.15) is 0 Å². The second-order valence-corrected chi connectivity index (χ2v) is 4.77. The maximum atomic E-state index is 6.13. The first-order valence-corrected chi connectivity index (χ1v) is 5.94. The molecule has 92 valence electrons. The normalized spacial score (nSPS) is 15.4. The molecule has 2 N–H and O–H groups in total. The van der Waals surface area contributed by atoms with Gasteiger partial charge in [-0.2, -0.15) is 5.10 Å². The average Bonchev–Trinajstić information content (AvgIpc) is 2.62. The third-order valence-corrected chi connectivity index (χ3v) is 3.11. The molecule has 0 radical (unpaired) electrons. The van der Waals surface area contributed by atoms with E-state index in [0.29, 0.717) is 5.92 Å². The summed E-state index contributed by atoms with van der Waals surface area (Å²) in [5.41, 5.74) is 7.36. The lowest BCUT2D eigenvalue weighted by molar-refractivity contribution is 0.267. The summed E-state index contributed by atoms with van der Waals surface area (Å²) in [5, 5.41) is 4.16. The molecule has 1 rings (SSSR count). The monoisotopic (exact) mass is 224 g/mol. The molecule has 0 aromatic carbocycles. The highest BCUT2D eigenvalue weighted by Crippen LogP contribution is 2.08. The van der Waals surface area contributed by atoms with Gasteiger partial charge in [0.05, 0.1) is 6.20 Å². The molecule has 2 unspecified atom stereocenters. The second kappa shape index (κ2) is 6.01. The molecule has 4 heteroatoms. The fourth-order valence-electron chi connectivity index (χ4n) is 1.77. The summed E-state index contributed by atoms with van der Waals surface area (Å²) >= 11 is 0. The highest BCUT2D eigenvalue weighted by molar-refractivity contribution is 5.03. The van der Waals surface area contributed by atoms with Gasteiger partial charge < -0.3 is 10.6 Å². The number of nitrogens with zero attached hydrogens (tertiary/aromatic N) is 3. The van der Waals surface area contributed by atoms with Crippen LogP contribution in [-0.4, -0.2) is 34.3 Å². The third-order valence-electron chi connectivity index (χ3n) is 3.11. The first-order valence-electron chi connectivity index (χ1n) is 5.94. The summed E-state index contributed by atoms with van der Waals surface area (Å²) in [7, 11) is 4.05. The summed E-state index contributed by atoms with van der Waals surface area (Å²) in [6, 6.07) is 0.256. The quantitative estimate of drug-likeness (QED) is 0.790. The standard InChI is InChI=1S/C12H24N4/c1-5-10(2)12(13)9-15(3)7-11-6-14-16(4)8-11/h6,8,10,12H,5,7,9,13H2,1-4H3. The number of hydrogen-bond acceptors (Lipinski definition) is 3. The number of likely N-dealkylation sites (N-methyl/N-ethyl adjacent to an activating group) is 1. The molecule has 1 aromatic heterocycles. The Kier molecular flexibility index (Phi) is 4.96. The maximum Gasteiger partial charge on any atom is 0.0534 e. The van der Waals surface area contributed by atoms with Crippen LogP contribution in [0.5, 0.6) is 0 Å². The lowest BCUT2D eigenvalue weighted by Gasteiger charge is -2.24. The molecule has 0 aliphatic rings. The number of nitrogens with two attached hydrogens (primary N) is 1. The van der Waals surface area contributed by atoms with E-state index in [2.05, 4.69) is 30.9 Å². The van der Waals surface area contributed by atoms with Crippen LogP contribution in [0.15, 0.2) is 12.4 Å². The van der Waals surface area contributed by atoms with Crippen LogP contribution in [0, 0.1) is 5.92 Å². The molecule has 0 fully saturated rings. The zero-order valence-electron chi connectivity index (χ0n) is 10.8. The van der Waals surface area contributed by atoms with Gasteiger partial charge >= 0.3 is 0 Å².